The molecule has 1 aromatic rings. The Balaban J connectivity index is 2.73. The van der Waals surface area contributed by atoms with Crippen molar-refractivity contribution in [3.8, 4) is 17.2 Å². The van der Waals surface area contributed by atoms with Gasteiger partial charge in [-0.3, -0.25) is 0 Å². The van der Waals surface area contributed by atoms with Crippen molar-refractivity contribution < 1.29 is 19.4 Å². The minimum absolute atomic E-state index is 0.123. The maximum Gasteiger partial charge on any atom is 0.235 e. The number of benzene rings is 1. The fraction of sp³-hybridized carbons (Fsp3) is 0.462. The number of phenols is 1. The van der Waals surface area contributed by atoms with Crippen LogP contribution in [0.25, 0.3) is 0 Å². The molecule has 0 spiro atoms. The van der Waals surface area contributed by atoms with Crippen LogP contribution >= 0.6 is 11.6 Å². The molecule has 5 nitrogen and oxygen atoms in total. The smallest absolute Gasteiger partial charge is 0.235 e. The summed E-state index contributed by atoms with van der Waals surface area (Å²) in [5.74, 6) is 0.623. The highest BCUT2D eigenvalue weighted by molar-refractivity contribution is 6.33. The van der Waals surface area contributed by atoms with Crippen LogP contribution in [-0.2, 0) is 10.3 Å². The SMILES string of the molecule is COc1cc(O)c(Cl)c(C2(N=C=O)CCC2)c1OC. The average molecular weight is 284 g/mol. The molecule has 0 heterocycles. The van der Waals surface area contributed by atoms with Crippen molar-refractivity contribution in [2.45, 2.75) is 24.8 Å². The van der Waals surface area contributed by atoms with Crippen molar-refractivity contribution in [3.63, 3.8) is 0 Å². The van der Waals surface area contributed by atoms with E-state index in [1.165, 1.54) is 20.3 Å². The van der Waals surface area contributed by atoms with Gasteiger partial charge in [0.25, 0.3) is 0 Å². The normalized spacial score (nSPS) is 16.2. The minimum Gasteiger partial charge on any atom is -0.506 e. The average Bonchev–Trinajstić information content (AvgIpc) is 2.37. The molecule has 1 fully saturated rings. The van der Waals surface area contributed by atoms with Gasteiger partial charge in [0.15, 0.2) is 11.5 Å². The lowest BCUT2D eigenvalue weighted by molar-refractivity contribution is 0.241. The summed E-state index contributed by atoms with van der Waals surface area (Å²) >= 11 is 6.16. The summed E-state index contributed by atoms with van der Waals surface area (Å²) in [7, 11) is 2.94. The number of hydrogen-bond acceptors (Lipinski definition) is 5. The Morgan fingerprint density at radius 3 is 2.53 bits per heavy atom. The molecule has 0 unspecified atom stereocenters. The molecule has 1 aliphatic rings. The first-order chi connectivity index (χ1) is 9.09. The molecule has 0 bridgehead atoms. The summed E-state index contributed by atoms with van der Waals surface area (Å²) in [4.78, 5) is 14.5. The Bertz CT molecular complexity index is 548. The zero-order valence-electron chi connectivity index (χ0n) is 10.7. The summed E-state index contributed by atoms with van der Waals surface area (Å²) in [6, 6.07) is 1.38. The standard InChI is InChI=1S/C13H14ClNO4/c1-18-9-6-8(17)11(14)10(12(9)19-2)13(15-7-16)4-3-5-13/h6,17H,3-5H2,1-2H3. The number of methoxy groups -OCH3 is 2. The second-order valence-electron chi connectivity index (χ2n) is 4.41. The highest BCUT2D eigenvalue weighted by Gasteiger charge is 2.44. The van der Waals surface area contributed by atoms with E-state index in [9.17, 15) is 9.90 Å². The second-order valence-corrected chi connectivity index (χ2v) is 4.79. The maximum atomic E-state index is 10.7. The number of halogens is 1. The summed E-state index contributed by atoms with van der Waals surface area (Å²) in [5.41, 5.74) is -0.279. The number of ether oxygens (including phenoxy) is 2. The number of rotatable bonds is 4. The van der Waals surface area contributed by atoms with Crippen LogP contribution in [0.5, 0.6) is 17.2 Å². The van der Waals surface area contributed by atoms with Crippen LogP contribution in [0.3, 0.4) is 0 Å². The predicted molar refractivity (Wildman–Crippen MR) is 69.9 cm³/mol. The van der Waals surface area contributed by atoms with Crippen LogP contribution < -0.4 is 9.47 Å². The molecule has 0 saturated heterocycles. The van der Waals surface area contributed by atoms with Gasteiger partial charge in [0.05, 0.1) is 19.2 Å². The van der Waals surface area contributed by atoms with Crippen molar-refractivity contribution in [2.75, 3.05) is 14.2 Å². The van der Waals surface area contributed by atoms with Crippen molar-refractivity contribution in [3.05, 3.63) is 16.7 Å². The van der Waals surface area contributed by atoms with Crippen LogP contribution in [0.1, 0.15) is 24.8 Å². The lowest BCUT2D eigenvalue weighted by Gasteiger charge is -2.38. The van der Waals surface area contributed by atoms with E-state index < -0.39 is 5.54 Å². The molecule has 1 saturated carbocycles. The van der Waals surface area contributed by atoms with E-state index in [1.807, 2.05) is 0 Å². The lowest BCUT2D eigenvalue weighted by Crippen LogP contribution is -2.32. The van der Waals surface area contributed by atoms with Gasteiger partial charge in [-0.2, -0.15) is 4.99 Å². The highest BCUT2D eigenvalue weighted by atomic mass is 35.5. The van der Waals surface area contributed by atoms with Gasteiger partial charge in [-0.05, 0) is 19.3 Å². The maximum absolute atomic E-state index is 10.7. The highest BCUT2D eigenvalue weighted by Crippen LogP contribution is 2.55. The Kier molecular flexibility index (Phi) is 3.69. The van der Waals surface area contributed by atoms with Crippen molar-refractivity contribution in [1.29, 1.82) is 0 Å². The number of isocyanates is 1. The number of carbonyl (C=O) groups excluding carboxylic acids is 1. The van der Waals surface area contributed by atoms with Gasteiger partial charge in [0.1, 0.15) is 11.3 Å². The Morgan fingerprint density at radius 2 is 2.11 bits per heavy atom. The molecule has 1 N–H and O–H groups in total. The summed E-state index contributed by atoms with van der Waals surface area (Å²) in [5, 5.41) is 10.0. The molecule has 6 heteroatoms. The molecule has 0 amide bonds. The quantitative estimate of drug-likeness (QED) is 0.681. The number of hydrogen-bond donors (Lipinski definition) is 1. The minimum atomic E-state index is -0.768. The number of phenolic OH excluding ortho intramolecular Hbond substituents is 1. The first-order valence-electron chi connectivity index (χ1n) is 5.82. The molecule has 0 atom stereocenters. The van der Waals surface area contributed by atoms with Crippen molar-refractivity contribution in [1.82, 2.24) is 0 Å². The van der Waals surface area contributed by atoms with E-state index in [1.54, 1.807) is 6.08 Å². The van der Waals surface area contributed by atoms with Crippen molar-refractivity contribution >= 4 is 17.7 Å². The van der Waals surface area contributed by atoms with E-state index >= 15 is 0 Å². The molecule has 0 aliphatic heterocycles. The van der Waals surface area contributed by atoms with Gasteiger partial charge >= 0.3 is 0 Å². The van der Waals surface area contributed by atoms with Gasteiger partial charge < -0.3 is 14.6 Å². The molecule has 0 aromatic heterocycles. The van der Waals surface area contributed by atoms with Crippen LogP contribution in [-0.4, -0.2) is 25.4 Å². The van der Waals surface area contributed by atoms with Gasteiger partial charge in [-0.15, -0.1) is 0 Å². The number of aromatic hydroxyl groups is 1. The first-order valence-corrected chi connectivity index (χ1v) is 6.20. The van der Waals surface area contributed by atoms with Gasteiger partial charge in [-0.25, -0.2) is 4.79 Å². The van der Waals surface area contributed by atoms with Gasteiger partial charge in [0, 0.05) is 11.6 Å². The van der Waals surface area contributed by atoms with E-state index in [0.717, 1.165) is 6.42 Å². The van der Waals surface area contributed by atoms with Gasteiger partial charge in [0.2, 0.25) is 6.08 Å². The summed E-state index contributed by atoms with van der Waals surface area (Å²) in [6.07, 6.45) is 3.82. The zero-order valence-corrected chi connectivity index (χ0v) is 11.5. The van der Waals surface area contributed by atoms with Crippen LogP contribution in [0.2, 0.25) is 5.02 Å². The number of nitrogens with zero attached hydrogens (tertiary/aromatic N) is 1. The zero-order chi connectivity index (χ0) is 14.0. The molecule has 102 valence electrons. The monoisotopic (exact) mass is 283 g/mol. The van der Waals surface area contributed by atoms with Crippen molar-refractivity contribution in [2.24, 2.45) is 4.99 Å². The van der Waals surface area contributed by atoms with E-state index in [0.29, 0.717) is 29.9 Å². The Labute approximate surface area is 115 Å². The fourth-order valence-corrected chi connectivity index (χ4v) is 2.71. The fourth-order valence-electron chi connectivity index (χ4n) is 2.39. The van der Waals surface area contributed by atoms with Gasteiger partial charge in [-0.1, -0.05) is 11.6 Å². The van der Waals surface area contributed by atoms with E-state index in [2.05, 4.69) is 4.99 Å². The number of aliphatic imine (C=N–C) groups is 1. The molecular formula is C13H14ClNO4. The molecular weight excluding hydrogens is 270 g/mol. The second kappa shape index (κ2) is 5.11. The Hall–Kier alpha value is -1.71. The molecule has 2 rings (SSSR count). The largest absolute Gasteiger partial charge is 0.506 e. The molecule has 19 heavy (non-hydrogen) atoms. The Morgan fingerprint density at radius 1 is 1.42 bits per heavy atom. The third-order valence-corrected chi connectivity index (χ3v) is 3.88. The predicted octanol–water partition coefficient (Wildman–Crippen LogP) is 2.78. The molecule has 0 radical (unpaired) electrons. The van der Waals surface area contributed by atoms with Crippen LogP contribution in [0, 0.1) is 0 Å². The van der Waals surface area contributed by atoms with E-state index in [-0.39, 0.29) is 10.8 Å². The third-order valence-electron chi connectivity index (χ3n) is 3.49. The summed E-state index contributed by atoms with van der Waals surface area (Å²) < 4.78 is 10.5. The third kappa shape index (κ3) is 2.05. The summed E-state index contributed by atoms with van der Waals surface area (Å²) in [6.45, 7) is 0. The van der Waals surface area contributed by atoms with Crippen LogP contribution in [0.4, 0.5) is 0 Å². The first kappa shape index (κ1) is 13.7. The molecule has 1 aromatic carbocycles. The van der Waals surface area contributed by atoms with Crippen LogP contribution in [0.15, 0.2) is 11.1 Å². The lowest BCUT2D eigenvalue weighted by atomic mass is 9.72. The molecule has 1 aliphatic carbocycles. The topological polar surface area (TPSA) is 68.1 Å². The van der Waals surface area contributed by atoms with E-state index in [4.69, 9.17) is 21.1 Å².